The SMILES string of the molecule is COC(=O)c1nc(C2CN3CCCC3CO2)sc1C(C)=O. The van der Waals surface area contributed by atoms with Crippen molar-refractivity contribution in [1.29, 1.82) is 0 Å². The van der Waals surface area contributed by atoms with Gasteiger partial charge in [0.05, 0.1) is 13.7 Å². The number of carbonyl (C=O) groups excluding carboxylic acids is 2. The molecular weight excluding hydrogens is 292 g/mol. The van der Waals surface area contributed by atoms with Crippen molar-refractivity contribution in [2.45, 2.75) is 31.9 Å². The summed E-state index contributed by atoms with van der Waals surface area (Å²) in [5.41, 5.74) is 0.108. The number of Topliss-reactive ketones (excluding diaryl/α,β-unsaturated/α-hetero) is 1. The molecule has 0 amide bonds. The van der Waals surface area contributed by atoms with E-state index in [4.69, 9.17) is 9.47 Å². The maximum atomic E-state index is 11.7. The Bertz CT molecular complexity index is 571. The summed E-state index contributed by atoms with van der Waals surface area (Å²) in [6, 6.07) is 0.508. The van der Waals surface area contributed by atoms with Crippen molar-refractivity contribution in [3.63, 3.8) is 0 Å². The Balaban J connectivity index is 1.85. The maximum Gasteiger partial charge on any atom is 0.358 e. The quantitative estimate of drug-likeness (QED) is 0.625. The molecule has 0 aromatic carbocycles. The van der Waals surface area contributed by atoms with E-state index in [2.05, 4.69) is 9.88 Å². The van der Waals surface area contributed by atoms with E-state index in [0.29, 0.717) is 22.5 Å². The number of hydrogen-bond acceptors (Lipinski definition) is 7. The maximum absolute atomic E-state index is 11.7. The normalized spacial score (nSPS) is 25.6. The number of hydrogen-bond donors (Lipinski definition) is 0. The number of ether oxygens (including phenoxy) is 2. The lowest BCUT2D eigenvalue weighted by atomic mass is 10.2. The third kappa shape index (κ3) is 2.73. The van der Waals surface area contributed by atoms with Gasteiger partial charge in [0.25, 0.3) is 0 Å². The molecule has 0 N–H and O–H groups in total. The highest BCUT2D eigenvalue weighted by atomic mass is 32.1. The summed E-state index contributed by atoms with van der Waals surface area (Å²) in [6.07, 6.45) is 2.21. The smallest absolute Gasteiger partial charge is 0.358 e. The molecule has 114 valence electrons. The number of aromatic nitrogens is 1. The standard InChI is InChI=1S/C14H18N2O4S/c1-8(17)12-11(14(18)19-2)15-13(21-12)10-6-16-5-3-4-9(16)7-20-10/h9-10H,3-7H2,1-2H3. The number of esters is 1. The van der Waals surface area contributed by atoms with Crippen LogP contribution in [-0.4, -0.2) is 54.5 Å². The molecule has 2 unspecified atom stereocenters. The van der Waals surface area contributed by atoms with Crippen LogP contribution in [0.15, 0.2) is 0 Å². The summed E-state index contributed by atoms with van der Waals surface area (Å²) in [7, 11) is 1.29. The highest BCUT2D eigenvalue weighted by molar-refractivity contribution is 7.14. The highest BCUT2D eigenvalue weighted by Gasteiger charge is 2.35. The van der Waals surface area contributed by atoms with Gasteiger partial charge in [-0.15, -0.1) is 11.3 Å². The summed E-state index contributed by atoms with van der Waals surface area (Å²) in [4.78, 5) is 30.5. The molecule has 0 spiro atoms. The summed E-state index contributed by atoms with van der Waals surface area (Å²) < 4.78 is 10.6. The van der Waals surface area contributed by atoms with Crippen LogP contribution in [0.4, 0.5) is 0 Å². The molecule has 1 aromatic rings. The van der Waals surface area contributed by atoms with Crippen molar-refractivity contribution >= 4 is 23.1 Å². The summed E-state index contributed by atoms with van der Waals surface area (Å²) in [6.45, 7) is 3.98. The van der Waals surface area contributed by atoms with E-state index in [1.165, 1.54) is 38.2 Å². The Kier molecular flexibility index (Phi) is 4.05. The first-order chi connectivity index (χ1) is 10.1. The van der Waals surface area contributed by atoms with Gasteiger partial charge in [0.1, 0.15) is 16.0 Å². The van der Waals surface area contributed by atoms with Gasteiger partial charge in [-0.1, -0.05) is 0 Å². The Labute approximate surface area is 127 Å². The molecule has 2 saturated heterocycles. The number of morpholine rings is 1. The van der Waals surface area contributed by atoms with E-state index in [9.17, 15) is 9.59 Å². The fourth-order valence-corrected chi connectivity index (χ4v) is 3.90. The van der Waals surface area contributed by atoms with Crippen molar-refractivity contribution in [3.8, 4) is 0 Å². The first kappa shape index (κ1) is 14.6. The van der Waals surface area contributed by atoms with Crippen LogP contribution in [-0.2, 0) is 9.47 Å². The average Bonchev–Trinajstić information content (AvgIpc) is 3.11. The van der Waals surface area contributed by atoms with E-state index in [1.54, 1.807) is 0 Å². The molecule has 2 atom stereocenters. The van der Waals surface area contributed by atoms with Crippen LogP contribution < -0.4 is 0 Å². The zero-order valence-electron chi connectivity index (χ0n) is 12.1. The fourth-order valence-electron chi connectivity index (χ4n) is 2.91. The van der Waals surface area contributed by atoms with Gasteiger partial charge in [-0.25, -0.2) is 9.78 Å². The molecule has 2 fully saturated rings. The molecule has 2 aliphatic heterocycles. The second kappa shape index (κ2) is 5.82. The van der Waals surface area contributed by atoms with E-state index in [0.717, 1.165) is 13.1 Å². The van der Waals surface area contributed by atoms with Crippen molar-refractivity contribution in [1.82, 2.24) is 9.88 Å². The predicted octanol–water partition coefficient (Wildman–Crippen LogP) is 1.67. The first-order valence-corrected chi connectivity index (χ1v) is 7.87. The van der Waals surface area contributed by atoms with E-state index in [-0.39, 0.29) is 17.6 Å². The molecular formula is C14H18N2O4S. The van der Waals surface area contributed by atoms with Gasteiger partial charge in [-0.2, -0.15) is 0 Å². The molecule has 0 bridgehead atoms. The first-order valence-electron chi connectivity index (χ1n) is 7.05. The number of ketones is 1. The van der Waals surface area contributed by atoms with E-state index < -0.39 is 5.97 Å². The largest absolute Gasteiger partial charge is 0.464 e. The fraction of sp³-hybridized carbons (Fsp3) is 0.643. The highest BCUT2D eigenvalue weighted by Crippen LogP contribution is 2.33. The van der Waals surface area contributed by atoms with E-state index >= 15 is 0 Å². The third-order valence-electron chi connectivity index (χ3n) is 4.01. The van der Waals surface area contributed by atoms with Gasteiger partial charge < -0.3 is 9.47 Å². The zero-order chi connectivity index (χ0) is 15.0. The van der Waals surface area contributed by atoms with Gasteiger partial charge in [-0.05, 0) is 19.4 Å². The van der Waals surface area contributed by atoms with Gasteiger partial charge in [0.15, 0.2) is 11.5 Å². The van der Waals surface area contributed by atoms with Gasteiger partial charge in [0.2, 0.25) is 0 Å². The Morgan fingerprint density at radius 3 is 3.00 bits per heavy atom. The molecule has 0 aliphatic carbocycles. The molecule has 3 heterocycles. The number of methoxy groups -OCH3 is 1. The molecule has 2 aliphatic rings. The predicted molar refractivity (Wildman–Crippen MR) is 76.7 cm³/mol. The van der Waals surface area contributed by atoms with Crippen LogP contribution in [0.3, 0.4) is 0 Å². The number of fused-ring (bicyclic) bond motifs is 1. The van der Waals surface area contributed by atoms with Crippen molar-refractivity contribution in [3.05, 3.63) is 15.6 Å². The number of thiazole rings is 1. The zero-order valence-corrected chi connectivity index (χ0v) is 12.9. The Morgan fingerprint density at radius 1 is 1.48 bits per heavy atom. The molecule has 0 radical (unpaired) electrons. The lowest BCUT2D eigenvalue weighted by Crippen LogP contribution is -2.42. The van der Waals surface area contributed by atoms with Crippen LogP contribution >= 0.6 is 11.3 Å². The minimum atomic E-state index is -0.572. The van der Waals surface area contributed by atoms with Crippen LogP contribution in [0.5, 0.6) is 0 Å². The van der Waals surface area contributed by atoms with Crippen LogP contribution in [0.2, 0.25) is 0 Å². The topological polar surface area (TPSA) is 68.7 Å². The van der Waals surface area contributed by atoms with Crippen LogP contribution in [0.25, 0.3) is 0 Å². The van der Waals surface area contributed by atoms with Crippen molar-refractivity contribution in [2.75, 3.05) is 26.8 Å². The molecule has 1 aromatic heterocycles. The van der Waals surface area contributed by atoms with E-state index in [1.807, 2.05) is 0 Å². The number of carbonyl (C=O) groups is 2. The molecule has 21 heavy (non-hydrogen) atoms. The summed E-state index contributed by atoms with van der Waals surface area (Å²) >= 11 is 1.24. The van der Waals surface area contributed by atoms with Crippen molar-refractivity contribution < 1.29 is 19.1 Å². The van der Waals surface area contributed by atoms with Gasteiger partial charge in [-0.3, -0.25) is 9.69 Å². The number of nitrogens with zero attached hydrogens (tertiary/aromatic N) is 2. The monoisotopic (exact) mass is 310 g/mol. The average molecular weight is 310 g/mol. The molecule has 0 saturated carbocycles. The van der Waals surface area contributed by atoms with Gasteiger partial charge >= 0.3 is 5.97 Å². The number of rotatable bonds is 3. The second-order valence-corrected chi connectivity index (χ2v) is 6.42. The van der Waals surface area contributed by atoms with Gasteiger partial charge in [0, 0.05) is 19.5 Å². The summed E-state index contributed by atoms with van der Waals surface area (Å²) in [5, 5.41) is 0.686. The Morgan fingerprint density at radius 2 is 2.29 bits per heavy atom. The molecule has 6 nitrogen and oxygen atoms in total. The second-order valence-electron chi connectivity index (χ2n) is 5.39. The molecule has 7 heteroatoms. The Hall–Kier alpha value is -1.31. The summed E-state index contributed by atoms with van der Waals surface area (Å²) in [5.74, 6) is -0.744. The lowest BCUT2D eigenvalue weighted by Gasteiger charge is -2.34. The van der Waals surface area contributed by atoms with Crippen LogP contribution in [0, 0.1) is 0 Å². The van der Waals surface area contributed by atoms with Crippen molar-refractivity contribution in [2.24, 2.45) is 0 Å². The minimum absolute atomic E-state index is 0.108. The third-order valence-corrected chi connectivity index (χ3v) is 5.26. The van der Waals surface area contributed by atoms with Crippen LogP contribution in [0.1, 0.15) is 51.0 Å². The minimum Gasteiger partial charge on any atom is -0.464 e. The lowest BCUT2D eigenvalue weighted by molar-refractivity contribution is -0.0502. The molecule has 3 rings (SSSR count).